The van der Waals surface area contributed by atoms with Crippen molar-refractivity contribution in [1.29, 1.82) is 0 Å². The van der Waals surface area contributed by atoms with Crippen LogP contribution in [0.15, 0.2) is 65.6 Å². The van der Waals surface area contributed by atoms with Crippen LogP contribution < -0.4 is 10.9 Å². The topological polar surface area (TPSA) is 68.2 Å². The molecule has 1 unspecified atom stereocenters. The Hall–Kier alpha value is -3.39. The number of piperidine rings is 1. The van der Waals surface area contributed by atoms with E-state index >= 15 is 0 Å². The molecule has 1 atom stereocenters. The van der Waals surface area contributed by atoms with Gasteiger partial charge in [-0.25, -0.2) is 0 Å². The van der Waals surface area contributed by atoms with Crippen LogP contribution in [0.25, 0.3) is 22.3 Å². The van der Waals surface area contributed by atoms with Crippen LogP contribution in [-0.2, 0) is 16.1 Å². The SMILES string of the molecule is O=C1CCC(c2cccc(-c3ccc(-c4cccn(CC(F)(F)F)c4=O)cc3)c2Cl)C(=O)N1. The Morgan fingerprint density at radius 3 is 2.21 bits per heavy atom. The Labute approximate surface area is 191 Å². The van der Waals surface area contributed by atoms with E-state index in [0.717, 1.165) is 6.20 Å². The van der Waals surface area contributed by atoms with E-state index < -0.39 is 24.2 Å². The van der Waals surface area contributed by atoms with Crippen LogP contribution in [-0.4, -0.2) is 22.6 Å². The summed E-state index contributed by atoms with van der Waals surface area (Å²) in [5.74, 6) is -1.24. The first kappa shape index (κ1) is 22.8. The molecule has 1 fully saturated rings. The molecule has 0 radical (unpaired) electrons. The summed E-state index contributed by atoms with van der Waals surface area (Å²) in [6.07, 6.45) is -2.80. The molecule has 0 bridgehead atoms. The van der Waals surface area contributed by atoms with Gasteiger partial charge < -0.3 is 4.57 Å². The minimum absolute atomic E-state index is 0.150. The van der Waals surface area contributed by atoms with Crippen molar-refractivity contribution in [2.75, 3.05) is 0 Å². The van der Waals surface area contributed by atoms with Gasteiger partial charge in [-0.2, -0.15) is 13.2 Å². The quantitative estimate of drug-likeness (QED) is 0.546. The van der Waals surface area contributed by atoms with Crippen molar-refractivity contribution < 1.29 is 22.8 Å². The number of nitrogens with one attached hydrogen (secondary N) is 1. The van der Waals surface area contributed by atoms with Crippen molar-refractivity contribution in [1.82, 2.24) is 9.88 Å². The lowest BCUT2D eigenvalue weighted by atomic mass is 9.88. The highest BCUT2D eigenvalue weighted by Crippen LogP contribution is 2.37. The lowest BCUT2D eigenvalue weighted by Gasteiger charge is -2.23. The van der Waals surface area contributed by atoms with E-state index in [2.05, 4.69) is 5.32 Å². The highest BCUT2D eigenvalue weighted by atomic mass is 35.5. The zero-order valence-corrected chi connectivity index (χ0v) is 17.9. The first-order chi connectivity index (χ1) is 15.6. The summed E-state index contributed by atoms with van der Waals surface area (Å²) in [6.45, 7) is -1.36. The van der Waals surface area contributed by atoms with Crippen LogP contribution in [0.3, 0.4) is 0 Å². The summed E-state index contributed by atoms with van der Waals surface area (Å²) < 4.78 is 38.8. The molecule has 2 heterocycles. The van der Waals surface area contributed by atoms with E-state index in [1.165, 1.54) is 12.1 Å². The van der Waals surface area contributed by atoms with Gasteiger partial charge in [0.1, 0.15) is 6.54 Å². The number of pyridine rings is 1. The van der Waals surface area contributed by atoms with Crippen LogP contribution in [0, 0.1) is 0 Å². The minimum Gasteiger partial charge on any atom is -0.306 e. The number of alkyl halides is 3. The minimum atomic E-state index is -4.50. The van der Waals surface area contributed by atoms with Gasteiger partial charge >= 0.3 is 6.18 Å². The molecule has 1 aromatic heterocycles. The maximum atomic E-state index is 12.7. The third-order valence-electron chi connectivity index (χ3n) is 5.52. The predicted molar refractivity (Wildman–Crippen MR) is 118 cm³/mol. The van der Waals surface area contributed by atoms with Crippen LogP contribution in [0.2, 0.25) is 5.02 Å². The van der Waals surface area contributed by atoms with Crippen LogP contribution in [0.1, 0.15) is 24.3 Å². The third-order valence-corrected chi connectivity index (χ3v) is 5.94. The van der Waals surface area contributed by atoms with Crippen molar-refractivity contribution in [3.8, 4) is 22.3 Å². The second-order valence-electron chi connectivity index (χ2n) is 7.76. The smallest absolute Gasteiger partial charge is 0.306 e. The van der Waals surface area contributed by atoms with E-state index in [4.69, 9.17) is 11.6 Å². The van der Waals surface area contributed by atoms with E-state index in [0.29, 0.717) is 38.3 Å². The molecule has 4 rings (SSSR count). The van der Waals surface area contributed by atoms with Gasteiger partial charge in [0.25, 0.3) is 5.56 Å². The highest BCUT2D eigenvalue weighted by molar-refractivity contribution is 6.34. The van der Waals surface area contributed by atoms with Gasteiger partial charge in [-0.3, -0.25) is 19.7 Å². The Morgan fingerprint density at radius 2 is 1.58 bits per heavy atom. The molecule has 9 heteroatoms. The Bertz CT molecular complexity index is 1280. The molecule has 2 aromatic carbocycles. The lowest BCUT2D eigenvalue weighted by molar-refractivity contribution is -0.141. The maximum Gasteiger partial charge on any atom is 0.406 e. The lowest BCUT2D eigenvalue weighted by Crippen LogP contribution is -2.39. The molecule has 5 nitrogen and oxygen atoms in total. The number of hydrogen-bond donors (Lipinski definition) is 1. The average molecular weight is 475 g/mol. The van der Waals surface area contributed by atoms with Gasteiger partial charge in [-0.05, 0) is 35.2 Å². The number of halogens is 4. The predicted octanol–water partition coefficient (Wildman–Crippen LogP) is 4.92. The molecule has 170 valence electrons. The summed E-state index contributed by atoms with van der Waals surface area (Å²) in [6, 6.07) is 14.9. The van der Waals surface area contributed by atoms with Crippen molar-refractivity contribution >= 4 is 23.4 Å². The first-order valence-electron chi connectivity index (χ1n) is 10.1. The normalized spacial score (nSPS) is 16.5. The molecule has 1 aliphatic heterocycles. The summed E-state index contributed by atoms with van der Waals surface area (Å²) >= 11 is 6.62. The van der Waals surface area contributed by atoms with Crippen LogP contribution in [0.5, 0.6) is 0 Å². The monoisotopic (exact) mass is 474 g/mol. The Balaban J connectivity index is 1.65. The number of rotatable bonds is 4. The van der Waals surface area contributed by atoms with Crippen molar-refractivity contribution in [2.45, 2.75) is 31.5 Å². The van der Waals surface area contributed by atoms with Crippen molar-refractivity contribution in [3.05, 3.63) is 81.7 Å². The Morgan fingerprint density at radius 1 is 0.939 bits per heavy atom. The largest absolute Gasteiger partial charge is 0.406 e. The van der Waals surface area contributed by atoms with Gasteiger partial charge in [0.2, 0.25) is 11.8 Å². The number of benzene rings is 2. The van der Waals surface area contributed by atoms with Crippen LogP contribution in [0.4, 0.5) is 13.2 Å². The molecule has 3 aromatic rings. The highest BCUT2D eigenvalue weighted by Gasteiger charge is 2.30. The summed E-state index contributed by atoms with van der Waals surface area (Å²) in [5, 5.41) is 2.71. The maximum absolute atomic E-state index is 12.7. The number of carbonyl (C=O) groups excluding carboxylic acids is 2. The van der Waals surface area contributed by atoms with Gasteiger partial charge in [0.15, 0.2) is 0 Å². The molecule has 0 spiro atoms. The van der Waals surface area contributed by atoms with Crippen molar-refractivity contribution in [2.24, 2.45) is 0 Å². The van der Waals surface area contributed by atoms with Gasteiger partial charge in [0, 0.05) is 23.7 Å². The fourth-order valence-corrected chi connectivity index (χ4v) is 4.30. The zero-order chi connectivity index (χ0) is 23.8. The van der Waals surface area contributed by atoms with E-state index in [1.54, 1.807) is 42.5 Å². The van der Waals surface area contributed by atoms with E-state index in [9.17, 15) is 27.6 Å². The molecule has 1 N–H and O–H groups in total. The summed E-state index contributed by atoms with van der Waals surface area (Å²) in [5.41, 5.74) is 1.87. The molecule has 0 aliphatic carbocycles. The number of nitrogens with zero attached hydrogens (tertiary/aromatic N) is 1. The molecular weight excluding hydrogens is 457 g/mol. The molecule has 0 saturated carbocycles. The van der Waals surface area contributed by atoms with Crippen molar-refractivity contribution in [3.63, 3.8) is 0 Å². The molecule has 1 aliphatic rings. The summed E-state index contributed by atoms with van der Waals surface area (Å²) in [7, 11) is 0. The fraction of sp³-hybridized carbons (Fsp3) is 0.208. The Kier molecular flexibility index (Phi) is 6.12. The van der Waals surface area contributed by atoms with E-state index in [-0.39, 0.29) is 23.8 Å². The zero-order valence-electron chi connectivity index (χ0n) is 17.2. The number of hydrogen-bond acceptors (Lipinski definition) is 3. The molecule has 2 amide bonds. The van der Waals surface area contributed by atoms with Gasteiger partial charge in [-0.1, -0.05) is 54.1 Å². The average Bonchev–Trinajstić information content (AvgIpc) is 2.75. The fourth-order valence-electron chi connectivity index (χ4n) is 3.94. The standard InChI is InChI=1S/C24H18ClF3N2O3/c25-21-16(3-1-4-18(21)19-10-11-20(31)29-22(19)32)14-6-8-15(9-7-14)17-5-2-12-30(23(17)33)13-24(26,27)28/h1-9,12,19H,10-11,13H2,(H,29,31,32). The molecule has 33 heavy (non-hydrogen) atoms. The van der Waals surface area contributed by atoms with Crippen LogP contribution >= 0.6 is 11.6 Å². The second-order valence-corrected chi connectivity index (χ2v) is 8.14. The number of aromatic nitrogens is 1. The third kappa shape index (κ3) is 4.85. The molecule has 1 saturated heterocycles. The number of amides is 2. The number of carbonyl (C=O) groups is 2. The van der Waals surface area contributed by atoms with Gasteiger partial charge in [-0.15, -0.1) is 0 Å². The van der Waals surface area contributed by atoms with Gasteiger partial charge in [0.05, 0.1) is 10.9 Å². The van der Waals surface area contributed by atoms with E-state index in [1.807, 2.05) is 0 Å². The first-order valence-corrected chi connectivity index (χ1v) is 10.5. The number of imide groups is 1. The molecular formula is C24H18ClF3N2O3. The summed E-state index contributed by atoms with van der Waals surface area (Å²) in [4.78, 5) is 36.2. The second kappa shape index (κ2) is 8.86.